The molecule has 0 rings (SSSR count). The Morgan fingerprint density at radius 1 is 1.55 bits per heavy atom. The third-order valence-electron chi connectivity index (χ3n) is 0.985. The largest absolute Gasteiger partial charge is 0.463 e. The summed E-state index contributed by atoms with van der Waals surface area (Å²) >= 11 is 0. The monoisotopic (exact) mass is 155 g/mol. The Morgan fingerprint density at radius 3 is 2.64 bits per heavy atom. The zero-order chi connectivity index (χ0) is 8.69. The lowest BCUT2D eigenvalue weighted by Gasteiger charge is -2.04. The smallest absolute Gasteiger partial charge is 0.309 e. The molecule has 2 nitrogen and oxygen atoms in total. The van der Waals surface area contributed by atoms with E-state index in [9.17, 15) is 4.79 Å². The summed E-state index contributed by atoms with van der Waals surface area (Å²) < 4.78 is 4.89. The first-order chi connectivity index (χ1) is 5.16. The number of hydrogen-bond donors (Lipinski definition) is 0. The number of carbonyl (C=O) groups excluding carboxylic acids is 1. The Bertz CT molecular complexity index is 136. The number of esters is 1. The molecule has 0 aliphatic rings. The Kier molecular flexibility index (Phi) is 5.53. The molecule has 1 radical (unpaired) electrons. The van der Waals surface area contributed by atoms with E-state index in [1.54, 1.807) is 6.08 Å². The molecular weight excluding hydrogens is 140 g/mol. The maximum atomic E-state index is 10.8. The van der Waals surface area contributed by atoms with Gasteiger partial charge in [0.05, 0.1) is 12.5 Å². The molecule has 0 spiro atoms. The number of rotatable bonds is 4. The van der Waals surface area contributed by atoms with Crippen molar-refractivity contribution in [2.75, 3.05) is 0 Å². The fraction of sp³-hybridized carbons (Fsp3) is 0.556. The van der Waals surface area contributed by atoms with Gasteiger partial charge in [0.2, 0.25) is 0 Å². The van der Waals surface area contributed by atoms with Crippen molar-refractivity contribution in [3.05, 3.63) is 19.1 Å². The average Bonchev–Trinajstić information content (AvgIpc) is 1.86. The van der Waals surface area contributed by atoms with Gasteiger partial charge in [-0.1, -0.05) is 12.2 Å². The molecule has 0 aromatic heterocycles. The highest BCUT2D eigenvalue weighted by atomic mass is 16.5. The molecule has 0 heterocycles. The second kappa shape index (κ2) is 5.96. The molecule has 2 heteroatoms. The summed E-state index contributed by atoms with van der Waals surface area (Å²) in [5.74, 6) is -0.176. The Hall–Kier alpha value is -0.790. The van der Waals surface area contributed by atoms with E-state index in [1.807, 2.05) is 19.9 Å². The first kappa shape index (κ1) is 10.2. The van der Waals surface area contributed by atoms with E-state index >= 15 is 0 Å². The van der Waals surface area contributed by atoms with Gasteiger partial charge in [0, 0.05) is 0 Å². The van der Waals surface area contributed by atoms with Crippen LogP contribution in [0.4, 0.5) is 0 Å². The van der Waals surface area contributed by atoms with E-state index in [0.717, 1.165) is 6.42 Å². The minimum atomic E-state index is -0.176. The molecule has 0 atom stereocenters. The van der Waals surface area contributed by atoms with Gasteiger partial charge in [0.15, 0.2) is 0 Å². The fourth-order valence-electron chi connectivity index (χ4n) is 0.608. The van der Waals surface area contributed by atoms with Gasteiger partial charge in [-0.15, -0.1) is 0 Å². The Balaban J connectivity index is 3.45. The Labute approximate surface area is 68.2 Å². The van der Waals surface area contributed by atoms with Gasteiger partial charge in [-0.3, -0.25) is 4.79 Å². The molecule has 11 heavy (non-hydrogen) atoms. The summed E-state index contributed by atoms with van der Waals surface area (Å²) in [6, 6.07) is 0. The lowest BCUT2D eigenvalue weighted by atomic mass is 10.3. The van der Waals surface area contributed by atoms with E-state index in [0.29, 0.717) is 6.42 Å². The maximum absolute atomic E-state index is 10.8. The lowest BCUT2D eigenvalue weighted by molar-refractivity contribution is -0.146. The predicted octanol–water partition coefficient (Wildman–Crippen LogP) is 2.11. The highest BCUT2D eigenvalue weighted by Crippen LogP contribution is 1.94. The second-order valence-corrected chi connectivity index (χ2v) is 2.50. The van der Waals surface area contributed by atoms with Crippen LogP contribution in [0.5, 0.6) is 0 Å². The third-order valence-corrected chi connectivity index (χ3v) is 0.985. The second-order valence-electron chi connectivity index (χ2n) is 2.50. The third kappa shape index (κ3) is 7.10. The first-order valence-electron chi connectivity index (χ1n) is 3.80. The van der Waals surface area contributed by atoms with Crippen LogP contribution >= 0.6 is 0 Å². The molecule has 63 valence electrons. The summed E-state index contributed by atoms with van der Waals surface area (Å²) in [5.41, 5.74) is 0. The highest BCUT2D eigenvalue weighted by molar-refractivity contribution is 5.71. The number of carbonyl (C=O) groups is 1. The van der Waals surface area contributed by atoms with Crippen LogP contribution in [-0.4, -0.2) is 12.1 Å². The molecule has 0 unspecified atom stereocenters. The summed E-state index contributed by atoms with van der Waals surface area (Å²) in [5, 5.41) is 0. The minimum Gasteiger partial charge on any atom is -0.463 e. The van der Waals surface area contributed by atoms with Gasteiger partial charge in [-0.05, 0) is 27.2 Å². The van der Waals surface area contributed by atoms with Gasteiger partial charge >= 0.3 is 5.97 Å². The highest BCUT2D eigenvalue weighted by Gasteiger charge is 2.00. The van der Waals surface area contributed by atoms with Crippen molar-refractivity contribution in [3.8, 4) is 0 Å². The quantitative estimate of drug-likeness (QED) is 0.459. The van der Waals surface area contributed by atoms with Crippen molar-refractivity contribution >= 4 is 5.97 Å². The van der Waals surface area contributed by atoms with Gasteiger partial charge in [0.1, 0.15) is 0 Å². The first-order valence-corrected chi connectivity index (χ1v) is 3.80. The fourth-order valence-corrected chi connectivity index (χ4v) is 0.608. The van der Waals surface area contributed by atoms with Crippen LogP contribution in [0.3, 0.4) is 0 Å². The van der Waals surface area contributed by atoms with E-state index in [1.165, 1.54) is 0 Å². The summed E-state index contributed by atoms with van der Waals surface area (Å²) in [6.07, 6.45) is 4.68. The maximum Gasteiger partial charge on any atom is 0.309 e. The molecule has 0 saturated heterocycles. The van der Waals surface area contributed by atoms with Gasteiger partial charge in [-0.25, -0.2) is 0 Å². The van der Waals surface area contributed by atoms with Crippen LogP contribution in [-0.2, 0) is 9.53 Å². The normalized spacial score (nSPS) is 10.9. The lowest BCUT2D eigenvalue weighted by Crippen LogP contribution is -2.09. The van der Waals surface area contributed by atoms with Gasteiger partial charge < -0.3 is 4.74 Å². The molecule has 0 bridgehead atoms. The molecule has 0 fully saturated rings. The van der Waals surface area contributed by atoms with Crippen LogP contribution in [0.15, 0.2) is 12.2 Å². The van der Waals surface area contributed by atoms with Crippen LogP contribution < -0.4 is 0 Å². The van der Waals surface area contributed by atoms with Crippen LogP contribution in [0, 0.1) is 6.92 Å². The minimum absolute atomic E-state index is 0.0179. The van der Waals surface area contributed by atoms with Crippen LogP contribution in [0.1, 0.15) is 26.7 Å². The van der Waals surface area contributed by atoms with E-state index in [2.05, 4.69) is 6.92 Å². The van der Waals surface area contributed by atoms with Crippen molar-refractivity contribution in [2.24, 2.45) is 0 Å². The van der Waals surface area contributed by atoms with Gasteiger partial charge in [-0.2, -0.15) is 0 Å². The average molecular weight is 155 g/mol. The SMILES string of the molecule is [CH2]C/C=C/CC(=O)OC(C)C. The Morgan fingerprint density at radius 2 is 2.18 bits per heavy atom. The summed E-state index contributed by atoms with van der Waals surface area (Å²) in [6.45, 7) is 7.28. The van der Waals surface area contributed by atoms with Crippen LogP contribution in [0.2, 0.25) is 0 Å². The molecule has 0 N–H and O–H groups in total. The zero-order valence-electron chi connectivity index (χ0n) is 7.17. The van der Waals surface area contributed by atoms with Crippen molar-refractivity contribution in [2.45, 2.75) is 32.8 Å². The number of ether oxygens (including phenoxy) is 1. The molecule has 0 aliphatic carbocycles. The summed E-state index contributed by atoms with van der Waals surface area (Å²) in [7, 11) is 0. The van der Waals surface area contributed by atoms with Crippen molar-refractivity contribution in [3.63, 3.8) is 0 Å². The molecule has 0 saturated carbocycles. The van der Waals surface area contributed by atoms with E-state index in [-0.39, 0.29) is 12.1 Å². The van der Waals surface area contributed by atoms with Gasteiger partial charge in [0.25, 0.3) is 0 Å². The number of hydrogen-bond acceptors (Lipinski definition) is 2. The molecule has 0 amide bonds. The topological polar surface area (TPSA) is 26.3 Å². The van der Waals surface area contributed by atoms with E-state index in [4.69, 9.17) is 4.74 Å². The molecule has 0 aromatic rings. The van der Waals surface area contributed by atoms with Crippen LogP contribution in [0.25, 0.3) is 0 Å². The zero-order valence-corrected chi connectivity index (χ0v) is 7.17. The molecule has 0 aromatic carbocycles. The van der Waals surface area contributed by atoms with Crippen molar-refractivity contribution in [1.29, 1.82) is 0 Å². The number of allylic oxidation sites excluding steroid dienone is 1. The van der Waals surface area contributed by atoms with E-state index < -0.39 is 0 Å². The molecule has 0 aliphatic heterocycles. The standard InChI is InChI=1S/C9H15O2/c1-4-5-6-7-9(10)11-8(2)3/h5-6,8H,1,4,7H2,2-3H3/b6-5+. The van der Waals surface area contributed by atoms with Crippen molar-refractivity contribution < 1.29 is 9.53 Å². The summed E-state index contributed by atoms with van der Waals surface area (Å²) in [4.78, 5) is 10.8. The predicted molar refractivity (Wildman–Crippen MR) is 45.0 cm³/mol. The molecular formula is C9H15O2. The van der Waals surface area contributed by atoms with Crippen molar-refractivity contribution in [1.82, 2.24) is 0 Å².